The quantitative estimate of drug-likeness (QED) is 0.790. The fourth-order valence-electron chi connectivity index (χ4n) is 2.57. The molecule has 1 aromatic carbocycles. The van der Waals surface area contributed by atoms with Crippen molar-refractivity contribution in [2.45, 2.75) is 45.6 Å². The van der Waals surface area contributed by atoms with Crippen molar-refractivity contribution in [1.29, 1.82) is 0 Å². The highest BCUT2D eigenvalue weighted by Gasteiger charge is 2.18. The molecule has 2 heteroatoms. The van der Waals surface area contributed by atoms with Gasteiger partial charge in [-0.25, -0.2) is 0 Å². The van der Waals surface area contributed by atoms with Crippen LogP contribution >= 0.6 is 11.6 Å². The smallest absolute Gasteiger partial charge is 0.0410 e. The van der Waals surface area contributed by atoms with Gasteiger partial charge in [0.05, 0.1) is 0 Å². The summed E-state index contributed by atoms with van der Waals surface area (Å²) in [7, 11) is 0. The van der Waals surface area contributed by atoms with Crippen LogP contribution in [0.3, 0.4) is 0 Å². The SMILES string of the molecule is Cc1cc(Cl)ccc1NC1CCCC(C)C1. The third-order valence-electron chi connectivity index (χ3n) is 3.48. The monoisotopic (exact) mass is 237 g/mol. The average molecular weight is 238 g/mol. The Morgan fingerprint density at radius 2 is 2.12 bits per heavy atom. The van der Waals surface area contributed by atoms with Gasteiger partial charge in [-0.3, -0.25) is 0 Å². The summed E-state index contributed by atoms with van der Waals surface area (Å²) in [6.45, 7) is 4.46. The molecule has 1 aliphatic carbocycles. The Morgan fingerprint density at radius 3 is 2.81 bits per heavy atom. The summed E-state index contributed by atoms with van der Waals surface area (Å²) in [4.78, 5) is 0. The Morgan fingerprint density at radius 1 is 1.31 bits per heavy atom. The van der Waals surface area contributed by atoms with E-state index in [9.17, 15) is 0 Å². The van der Waals surface area contributed by atoms with Crippen LogP contribution < -0.4 is 5.32 Å². The van der Waals surface area contributed by atoms with Gasteiger partial charge in [-0.1, -0.05) is 31.4 Å². The maximum Gasteiger partial charge on any atom is 0.0410 e. The van der Waals surface area contributed by atoms with Crippen LogP contribution in [0.5, 0.6) is 0 Å². The van der Waals surface area contributed by atoms with E-state index in [0.29, 0.717) is 6.04 Å². The molecule has 0 aliphatic heterocycles. The van der Waals surface area contributed by atoms with Gasteiger partial charge in [0.15, 0.2) is 0 Å². The van der Waals surface area contributed by atoms with Crippen molar-refractivity contribution in [3.05, 3.63) is 28.8 Å². The van der Waals surface area contributed by atoms with Crippen LogP contribution in [0.1, 0.15) is 38.2 Å². The van der Waals surface area contributed by atoms with Crippen molar-refractivity contribution in [3.63, 3.8) is 0 Å². The highest BCUT2D eigenvalue weighted by Crippen LogP contribution is 2.28. The number of hydrogen-bond donors (Lipinski definition) is 1. The van der Waals surface area contributed by atoms with Gasteiger partial charge < -0.3 is 5.32 Å². The largest absolute Gasteiger partial charge is 0.382 e. The lowest BCUT2D eigenvalue weighted by molar-refractivity contribution is 0.358. The molecule has 0 radical (unpaired) electrons. The number of halogens is 1. The van der Waals surface area contributed by atoms with Crippen LogP contribution in [-0.4, -0.2) is 6.04 Å². The maximum absolute atomic E-state index is 5.96. The molecular formula is C14H20ClN. The molecule has 1 saturated carbocycles. The fourth-order valence-corrected chi connectivity index (χ4v) is 2.80. The van der Waals surface area contributed by atoms with E-state index < -0.39 is 0 Å². The molecule has 1 aliphatic rings. The predicted molar refractivity (Wildman–Crippen MR) is 71.2 cm³/mol. The van der Waals surface area contributed by atoms with Crippen LogP contribution in [0, 0.1) is 12.8 Å². The van der Waals surface area contributed by atoms with Crippen molar-refractivity contribution in [2.75, 3.05) is 5.32 Å². The molecule has 0 amide bonds. The first kappa shape index (κ1) is 11.8. The number of benzene rings is 1. The van der Waals surface area contributed by atoms with E-state index in [-0.39, 0.29) is 0 Å². The van der Waals surface area contributed by atoms with Gasteiger partial charge in [-0.05, 0) is 49.4 Å². The van der Waals surface area contributed by atoms with Crippen molar-refractivity contribution >= 4 is 17.3 Å². The lowest BCUT2D eigenvalue weighted by Crippen LogP contribution is -2.26. The topological polar surface area (TPSA) is 12.0 Å². The third-order valence-corrected chi connectivity index (χ3v) is 3.72. The second-order valence-corrected chi connectivity index (χ2v) is 5.51. The van der Waals surface area contributed by atoms with E-state index in [4.69, 9.17) is 11.6 Å². The summed E-state index contributed by atoms with van der Waals surface area (Å²) >= 11 is 5.96. The first-order chi connectivity index (χ1) is 7.65. The Kier molecular flexibility index (Phi) is 3.75. The van der Waals surface area contributed by atoms with Gasteiger partial charge in [-0.2, -0.15) is 0 Å². The van der Waals surface area contributed by atoms with Crippen LogP contribution in [0.15, 0.2) is 18.2 Å². The molecule has 16 heavy (non-hydrogen) atoms. The predicted octanol–water partition coefficient (Wildman–Crippen LogP) is 4.64. The molecule has 0 spiro atoms. The Labute approximate surface area is 103 Å². The Hall–Kier alpha value is -0.690. The zero-order chi connectivity index (χ0) is 11.5. The standard InChI is InChI=1S/C14H20ClN/c1-10-4-3-5-13(8-10)16-14-7-6-12(15)9-11(14)2/h6-7,9-10,13,16H,3-5,8H2,1-2H3. The van der Waals surface area contributed by atoms with Crippen LogP contribution in [0.2, 0.25) is 5.02 Å². The normalized spacial score (nSPS) is 25.4. The molecule has 0 heterocycles. The first-order valence-corrected chi connectivity index (χ1v) is 6.55. The number of anilines is 1. The van der Waals surface area contributed by atoms with Gasteiger partial charge in [0.1, 0.15) is 0 Å². The summed E-state index contributed by atoms with van der Waals surface area (Å²) < 4.78 is 0. The van der Waals surface area contributed by atoms with Gasteiger partial charge in [0.25, 0.3) is 0 Å². The van der Waals surface area contributed by atoms with Gasteiger partial charge >= 0.3 is 0 Å². The summed E-state index contributed by atoms with van der Waals surface area (Å²) in [6.07, 6.45) is 5.33. The average Bonchev–Trinajstić information content (AvgIpc) is 2.22. The van der Waals surface area contributed by atoms with E-state index in [1.165, 1.54) is 36.9 Å². The fraction of sp³-hybridized carbons (Fsp3) is 0.571. The number of nitrogens with one attached hydrogen (secondary N) is 1. The van der Waals surface area contributed by atoms with Crippen molar-refractivity contribution < 1.29 is 0 Å². The second kappa shape index (κ2) is 5.09. The third kappa shape index (κ3) is 2.91. The molecule has 1 N–H and O–H groups in total. The van der Waals surface area contributed by atoms with E-state index in [2.05, 4.69) is 25.2 Å². The molecule has 1 aromatic rings. The van der Waals surface area contributed by atoms with Crippen molar-refractivity contribution in [1.82, 2.24) is 0 Å². The molecule has 1 fully saturated rings. The minimum atomic E-state index is 0.642. The Bertz CT molecular complexity index is 362. The zero-order valence-corrected chi connectivity index (χ0v) is 10.8. The minimum Gasteiger partial charge on any atom is -0.382 e. The summed E-state index contributed by atoms with van der Waals surface area (Å²) in [6, 6.07) is 6.72. The number of rotatable bonds is 2. The van der Waals surface area contributed by atoms with Crippen LogP contribution in [-0.2, 0) is 0 Å². The number of aryl methyl sites for hydroxylation is 1. The molecule has 2 atom stereocenters. The molecule has 2 rings (SSSR count). The van der Waals surface area contributed by atoms with Crippen molar-refractivity contribution in [3.8, 4) is 0 Å². The lowest BCUT2D eigenvalue weighted by Gasteiger charge is -2.28. The highest BCUT2D eigenvalue weighted by atomic mass is 35.5. The van der Waals surface area contributed by atoms with E-state index in [0.717, 1.165) is 10.9 Å². The summed E-state index contributed by atoms with van der Waals surface area (Å²) in [5.41, 5.74) is 2.48. The van der Waals surface area contributed by atoms with E-state index in [1.54, 1.807) is 0 Å². The molecule has 0 saturated heterocycles. The molecule has 88 valence electrons. The number of hydrogen-bond acceptors (Lipinski definition) is 1. The van der Waals surface area contributed by atoms with Gasteiger partial charge in [0.2, 0.25) is 0 Å². The second-order valence-electron chi connectivity index (χ2n) is 5.07. The molecule has 2 unspecified atom stereocenters. The molecule has 0 aromatic heterocycles. The van der Waals surface area contributed by atoms with Gasteiger partial charge in [-0.15, -0.1) is 0 Å². The van der Waals surface area contributed by atoms with Crippen LogP contribution in [0.25, 0.3) is 0 Å². The summed E-state index contributed by atoms with van der Waals surface area (Å²) in [5.74, 6) is 0.860. The first-order valence-electron chi connectivity index (χ1n) is 6.18. The lowest BCUT2D eigenvalue weighted by atomic mass is 9.87. The Balaban J connectivity index is 2.02. The summed E-state index contributed by atoms with van der Waals surface area (Å²) in [5, 5.41) is 4.47. The highest BCUT2D eigenvalue weighted by molar-refractivity contribution is 6.30. The zero-order valence-electron chi connectivity index (χ0n) is 10.1. The van der Waals surface area contributed by atoms with Gasteiger partial charge in [0, 0.05) is 16.8 Å². The van der Waals surface area contributed by atoms with Crippen LogP contribution in [0.4, 0.5) is 5.69 Å². The van der Waals surface area contributed by atoms with E-state index >= 15 is 0 Å². The molecule has 0 bridgehead atoms. The minimum absolute atomic E-state index is 0.642. The maximum atomic E-state index is 5.96. The molecule has 1 nitrogen and oxygen atoms in total. The van der Waals surface area contributed by atoms with Crippen molar-refractivity contribution in [2.24, 2.45) is 5.92 Å². The molecular weight excluding hydrogens is 218 g/mol. The van der Waals surface area contributed by atoms with E-state index in [1.807, 2.05) is 12.1 Å².